The van der Waals surface area contributed by atoms with Crippen LogP contribution in [0.5, 0.6) is 0 Å². The molecule has 1 aliphatic rings. The van der Waals surface area contributed by atoms with Crippen molar-refractivity contribution >= 4 is 17.4 Å². The first-order valence-electron chi connectivity index (χ1n) is 7.87. The number of carbonyl (C=O) groups is 1. The van der Waals surface area contributed by atoms with Gasteiger partial charge in [-0.15, -0.1) is 0 Å². The smallest absolute Gasteiger partial charge is 0.227 e. The number of anilines is 2. The Hall–Kier alpha value is -2.30. The van der Waals surface area contributed by atoms with Crippen molar-refractivity contribution in [3.05, 3.63) is 47.0 Å². The predicted octanol–water partition coefficient (Wildman–Crippen LogP) is 3.92. The molecule has 23 heavy (non-hydrogen) atoms. The van der Waals surface area contributed by atoms with Crippen LogP contribution in [-0.4, -0.2) is 15.8 Å². The number of halogens is 1. The molecule has 1 heterocycles. The highest BCUT2D eigenvalue weighted by atomic mass is 19.1. The van der Waals surface area contributed by atoms with E-state index >= 15 is 0 Å². The van der Waals surface area contributed by atoms with E-state index in [-0.39, 0.29) is 23.4 Å². The van der Waals surface area contributed by atoms with Crippen molar-refractivity contribution in [2.45, 2.75) is 39.5 Å². The zero-order valence-electron chi connectivity index (χ0n) is 13.6. The van der Waals surface area contributed by atoms with E-state index in [1.807, 2.05) is 13.8 Å². The van der Waals surface area contributed by atoms with Crippen LogP contribution in [-0.2, 0) is 11.2 Å². The molecule has 0 saturated carbocycles. The second-order valence-electron chi connectivity index (χ2n) is 6.38. The van der Waals surface area contributed by atoms with Gasteiger partial charge in [0, 0.05) is 18.3 Å². The summed E-state index contributed by atoms with van der Waals surface area (Å²) in [6.45, 7) is 5.79. The number of carbonyl (C=O) groups excluding carboxylic acids is 1. The Morgan fingerprint density at radius 2 is 2.09 bits per heavy atom. The van der Waals surface area contributed by atoms with Gasteiger partial charge >= 0.3 is 0 Å². The van der Waals surface area contributed by atoms with Gasteiger partial charge in [-0.2, -0.15) is 0 Å². The van der Waals surface area contributed by atoms with Gasteiger partial charge in [0.15, 0.2) is 0 Å². The van der Waals surface area contributed by atoms with Crippen molar-refractivity contribution in [1.29, 1.82) is 0 Å². The van der Waals surface area contributed by atoms with Gasteiger partial charge in [-0.3, -0.25) is 4.79 Å². The highest BCUT2D eigenvalue weighted by Crippen LogP contribution is 2.33. The van der Waals surface area contributed by atoms with Crippen molar-refractivity contribution in [2.75, 3.05) is 5.32 Å². The van der Waals surface area contributed by atoms with Crippen LogP contribution in [0.4, 0.5) is 16.0 Å². The molecule has 5 heteroatoms. The fourth-order valence-corrected chi connectivity index (χ4v) is 3.05. The molecule has 0 fully saturated rings. The minimum atomic E-state index is -0.243. The fourth-order valence-electron chi connectivity index (χ4n) is 3.05. The Morgan fingerprint density at radius 1 is 1.30 bits per heavy atom. The van der Waals surface area contributed by atoms with Crippen LogP contribution in [0.3, 0.4) is 0 Å². The SMILES string of the molecule is Cc1cc(Nc2ncc3c(n2)C(C(C)C)C(=O)CC3)ccc1F. The van der Waals surface area contributed by atoms with E-state index in [2.05, 4.69) is 15.3 Å². The van der Waals surface area contributed by atoms with Crippen molar-refractivity contribution in [3.63, 3.8) is 0 Å². The zero-order valence-corrected chi connectivity index (χ0v) is 13.6. The monoisotopic (exact) mass is 313 g/mol. The van der Waals surface area contributed by atoms with Gasteiger partial charge in [0.2, 0.25) is 5.95 Å². The number of hydrogen-bond acceptors (Lipinski definition) is 4. The summed E-state index contributed by atoms with van der Waals surface area (Å²) in [6, 6.07) is 4.77. The summed E-state index contributed by atoms with van der Waals surface area (Å²) in [7, 11) is 0. The zero-order chi connectivity index (χ0) is 16.6. The summed E-state index contributed by atoms with van der Waals surface area (Å²) >= 11 is 0. The second kappa shape index (κ2) is 6.07. The molecule has 1 atom stereocenters. The van der Waals surface area contributed by atoms with E-state index in [4.69, 9.17) is 0 Å². The molecule has 0 saturated heterocycles. The Bertz CT molecular complexity index is 758. The van der Waals surface area contributed by atoms with Gasteiger partial charge in [-0.1, -0.05) is 13.8 Å². The maximum absolute atomic E-state index is 13.3. The number of nitrogens with one attached hydrogen (secondary N) is 1. The molecule has 0 radical (unpaired) electrons. The van der Waals surface area contributed by atoms with Gasteiger partial charge in [-0.25, -0.2) is 14.4 Å². The lowest BCUT2D eigenvalue weighted by Crippen LogP contribution is -2.26. The number of benzene rings is 1. The third-order valence-corrected chi connectivity index (χ3v) is 4.26. The van der Waals surface area contributed by atoms with Gasteiger partial charge in [-0.05, 0) is 48.6 Å². The van der Waals surface area contributed by atoms with E-state index in [1.54, 1.807) is 25.3 Å². The van der Waals surface area contributed by atoms with Crippen LogP contribution in [0.2, 0.25) is 0 Å². The van der Waals surface area contributed by atoms with Crippen molar-refractivity contribution < 1.29 is 9.18 Å². The molecule has 0 bridgehead atoms. The van der Waals surface area contributed by atoms with Gasteiger partial charge in [0.1, 0.15) is 11.6 Å². The van der Waals surface area contributed by atoms with E-state index in [1.165, 1.54) is 6.07 Å². The number of fused-ring (bicyclic) bond motifs is 1. The minimum Gasteiger partial charge on any atom is -0.324 e. The molecule has 1 N–H and O–H groups in total. The van der Waals surface area contributed by atoms with E-state index in [0.29, 0.717) is 24.4 Å². The largest absolute Gasteiger partial charge is 0.324 e. The van der Waals surface area contributed by atoms with Crippen LogP contribution in [0, 0.1) is 18.7 Å². The first-order valence-corrected chi connectivity index (χ1v) is 7.87. The average Bonchev–Trinajstić information content (AvgIpc) is 2.50. The predicted molar refractivity (Wildman–Crippen MR) is 87.4 cm³/mol. The number of aryl methyl sites for hydroxylation is 2. The normalized spacial score (nSPS) is 17.3. The average molecular weight is 313 g/mol. The molecule has 4 nitrogen and oxygen atoms in total. The van der Waals surface area contributed by atoms with Crippen molar-refractivity contribution in [2.24, 2.45) is 5.92 Å². The highest BCUT2D eigenvalue weighted by molar-refractivity contribution is 5.87. The quantitative estimate of drug-likeness (QED) is 0.933. The first-order chi connectivity index (χ1) is 11.0. The topological polar surface area (TPSA) is 54.9 Å². The summed E-state index contributed by atoms with van der Waals surface area (Å²) in [4.78, 5) is 21.1. The summed E-state index contributed by atoms with van der Waals surface area (Å²) in [6.07, 6.45) is 3.05. The van der Waals surface area contributed by atoms with E-state index in [9.17, 15) is 9.18 Å². The molecule has 2 aromatic rings. The third-order valence-electron chi connectivity index (χ3n) is 4.26. The number of rotatable bonds is 3. The molecule has 3 rings (SSSR count). The number of ketones is 1. The maximum Gasteiger partial charge on any atom is 0.227 e. The molecule has 120 valence electrons. The summed E-state index contributed by atoms with van der Waals surface area (Å²) < 4.78 is 13.3. The second-order valence-corrected chi connectivity index (χ2v) is 6.38. The van der Waals surface area contributed by atoms with Crippen LogP contribution in [0.25, 0.3) is 0 Å². The molecule has 0 aliphatic heterocycles. The summed E-state index contributed by atoms with van der Waals surface area (Å²) in [5.41, 5.74) is 3.16. The van der Waals surface area contributed by atoms with Crippen molar-refractivity contribution in [3.8, 4) is 0 Å². The summed E-state index contributed by atoms with van der Waals surface area (Å²) in [5.74, 6) is 0.479. The number of hydrogen-bond donors (Lipinski definition) is 1. The lowest BCUT2D eigenvalue weighted by atomic mass is 9.79. The van der Waals surface area contributed by atoms with E-state index < -0.39 is 0 Å². The summed E-state index contributed by atoms with van der Waals surface area (Å²) in [5, 5.41) is 3.10. The molecular weight excluding hydrogens is 293 g/mol. The lowest BCUT2D eigenvalue weighted by molar-refractivity contribution is -0.121. The number of aromatic nitrogens is 2. The molecule has 1 unspecified atom stereocenters. The van der Waals surface area contributed by atoms with Crippen LogP contribution in [0.1, 0.15) is 43.0 Å². The van der Waals surface area contributed by atoms with Crippen molar-refractivity contribution in [1.82, 2.24) is 9.97 Å². The Kier molecular flexibility index (Phi) is 4.11. The van der Waals surface area contributed by atoms with Gasteiger partial charge in [0.05, 0.1) is 11.6 Å². The molecule has 1 aromatic heterocycles. The van der Waals surface area contributed by atoms with E-state index in [0.717, 1.165) is 16.9 Å². The molecule has 1 aromatic carbocycles. The Balaban J connectivity index is 1.93. The number of Topliss-reactive ketones (excluding diaryl/α,β-unsaturated/α-hetero) is 1. The Morgan fingerprint density at radius 3 is 2.78 bits per heavy atom. The highest BCUT2D eigenvalue weighted by Gasteiger charge is 2.31. The van der Waals surface area contributed by atoms with Crippen LogP contribution < -0.4 is 5.32 Å². The molecular formula is C18H20FN3O. The Labute approximate surface area is 135 Å². The van der Waals surface area contributed by atoms with Gasteiger partial charge in [0.25, 0.3) is 0 Å². The lowest BCUT2D eigenvalue weighted by Gasteiger charge is -2.26. The van der Waals surface area contributed by atoms with Crippen LogP contribution in [0.15, 0.2) is 24.4 Å². The standard InChI is InChI=1S/C18H20FN3O/c1-10(2)16-15(23)7-4-12-9-20-18(22-17(12)16)21-13-5-6-14(19)11(3)8-13/h5-6,8-10,16H,4,7H2,1-3H3,(H,20,21,22). The van der Waals surface area contributed by atoms with Gasteiger partial charge < -0.3 is 5.32 Å². The third kappa shape index (κ3) is 3.09. The first kappa shape index (κ1) is 15.6. The van der Waals surface area contributed by atoms with Crippen LogP contribution >= 0.6 is 0 Å². The molecule has 1 aliphatic carbocycles. The molecule has 0 amide bonds. The molecule has 0 spiro atoms. The maximum atomic E-state index is 13.3. The fraction of sp³-hybridized carbons (Fsp3) is 0.389. The minimum absolute atomic E-state index is 0.169. The number of nitrogens with zero attached hydrogens (tertiary/aromatic N) is 2.